The lowest BCUT2D eigenvalue weighted by atomic mass is 10.1. The Morgan fingerprint density at radius 1 is 1.47 bits per heavy atom. The Labute approximate surface area is 107 Å². The topological polar surface area (TPSA) is 55.8 Å². The second kappa shape index (κ2) is 8.66. The highest BCUT2D eigenvalue weighted by molar-refractivity contribution is 6.08. The van der Waals surface area contributed by atoms with Gasteiger partial charge < -0.3 is 14.6 Å². The summed E-state index contributed by atoms with van der Waals surface area (Å²) in [4.78, 5) is 11.8. The van der Waals surface area contributed by atoms with Crippen molar-refractivity contribution >= 4 is 16.2 Å². The molecular formula is C12H26O4Si. The van der Waals surface area contributed by atoms with E-state index < -0.39 is 11.5 Å². The smallest absolute Gasteiger partial charge is 0.314 e. The van der Waals surface area contributed by atoms with Gasteiger partial charge >= 0.3 is 5.97 Å². The Hall–Kier alpha value is -0.393. The predicted octanol–water partition coefficient (Wildman–Crippen LogP) is 0.517. The van der Waals surface area contributed by atoms with Crippen molar-refractivity contribution in [1.82, 2.24) is 0 Å². The summed E-state index contributed by atoms with van der Waals surface area (Å²) in [5.41, 5.74) is -0.473. The summed E-state index contributed by atoms with van der Waals surface area (Å²) in [5, 5.41) is 9.15. The van der Waals surface area contributed by atoms with Crippen LogP contribution in [0.15, 0.2) is 0 Å². The largest absolute Gasteiger partial charge is 0.459 e. The second-order valence-electron chi connectivity index (χ2n) is 4.84. The molecule has 0 radical (unpaired) electrons. The van der Waals surface area contributed by atoms with E-state index in [-0.39, 0.29) is 19.2 Å². The van der Waals surface area contributed by atoms with Crippen molar-refractivity contribution in [2.24, 2.45) is 5.92 Å². The molecule has 0 heterocycles. The normalized spacial score (nSPS) is 13.6. The minimum absolute atomic E-state index is 0.223. The molecule has 4 nitrogen and oxygen atoms in total. The van der Waals surface area contributed by atoms with Crippen LogP contribution in [0.25, 0.3) is 0 Å². The first-order valence-electron chi connectivity index (χ1n) is 6.38. The molecule has 5 heteroatoms. The zero-order valence-electron chi connectivity index (χ0n) is 11.5. The summed E-state index contributed by atoms with van der Waals surface area (Å²) >= 11 is 0. The number of hydrogen-bond acceptors (Lipinski definition) is 4. The van der Waals surface area contributed by atoms with E-state index in [0.717, 1.165) is 12.8 Å². The van der Waals surface area contributed by atoms with Crippen molar-refractivity contribution < 1.29 is 19.4 Å². The minimum atomic E-state index is -0.560. The van der Waals surface area contributed by atoms with E-state index in [9.17, 15) is 4.79 Å². The number of aliphatic hydroxyl groups is 1. The van der Waals surface area contributed by atoms with Gasteiger partial charge in [-0.2, -0.15) is 0 Å². The van der Waals surface area contributed by atoms with E-state index >= 15 is 0 Å². The van der Waals surface area contributed by atoms with Crippen LogP contribution in [0.1, 0.15) is 33.6 Å². The fraction of sp³-hybridized carbons (Fsp3) is 0.917. The molecule has 0 aliphatic heterocycles. The summed E-state index contributed by atoms with van der Waals surface area (Å²) < 4.78 is 10.7. The summed E-state index contributed by atoms with van der Waals surface area (Å²) in [6.45, 7) is 6.37. The molecule has 0 aromatic heterocycles. The molecule has 0 saturated heterocycles. The Morgan fingerprint density at radius 3 is 2.59 bits per heavy atom. The number of esters is 1. The summed E-state index contributed by atoms with van der Waals surface area (Å²) in [6, 6.07) is 1.19. The lowest BCUT2D eigenvalue weighted by Gasteiger charge is -2.25. The van der Waals surface area contributed by atoms with Crippen molar-refractivity contribution in [3.63, 3.8) is 0 Å². The number of hydrogen-bond donors (Lipinski definition) is 1. The maximum absolute atomic E-state index is 11.8. The first-order chi connectivity index (χ1) is 7.96. The summed E-state index contributed by atoms with van der Waals surface area (Å²) in [6.07, 6.45) is 1.78. The van der Waals surface area contributed by atoms with E-state index in [1.165, 1.54) is 16.3 Å². The molecule has 0 bridgehead atoms. The van der Waals surface area contributed by atoms with Gasteiger partial charge in [-0.15, -0.1) is 0 Å². The van der Waals surface area contributed by atoms with Crippen LogP contribution in [0.3, 0.4) is 0 Å². The third kappa shape index (κ3) is 7.52. The first kappa shape index (κ1) is 16.6. The number of carbonyl (C=O) groups is 1. The lowest BCUT2D eigenvalue weighted by molar-refractivity contribution is -0.165. The molecule has 0 aliphatic carbocycles. The van der Waals surface area contributed by atoms with E-state index in [1.54, 1.807) is 0 Å². The molecule has 1 N–H and O–H groups in total. The summed E-state index contributed by atoms with van der Waals surface area (Å²) in [7, 11) is 1.17. The first-order valence-corrected chi connectivity index (χ1v) is 7.79. The van der Waals surface area contributed by atoms with Crippen LogP contribution in [0.4, 0.5) is 0 Å². The molecule has 0 amide bonds. The van der Waals surface area contributed by atoms with Crippen LogP contribution >= 0.6 is 0 Å². The van der Waals surface area contributed by atoms with Crippen molar-refractivity contribution in [3.05, 3.63) is 0 Å². The molecule has 0 aliphatic rings. The fourth-order valence-electron chi connectivity index (χ4n) is 1.10. The number of aliphatic hydroxyl groups excluding tert-OH is 1. The number of ether oxygens (including phenoxy) is 2. The summed E-state index contributed by atoms with van der Waals surface area (Å²) in [5.74, 6) is -0.930. The third-order valence-electron chi connectivity index (χ3n) is 2.74. The van der Waals surface area contributed by atoms with E-state index in [1.807, 2.05) is 20.8 Å². The van der Waals surface area contributed by atoms with Crippen LogP contribution in [-0.4, -0.2) is 46.7 Å². The molecule has 102 valence electrons. The third-order valence-corrected chi connectivity index (χ3v) is 3.45. The maximum atomic E-state index is 11.8. The molecule has 0 rings (SSSR count). The Balaban J connectivity index is 4.04. The minimum Gasteiger partial charge on any atom is -0.459 e. The molecule has 0 aromatic rings. The molecule has 17 heavy (non-hydrogen) atoms. The average Bonchev–Trinajstić information content (AvgIpc) is 2.28. The highest BCUT2D eigenvalue weighted by Gasteiger charge is 2.26. The van der Waals surface area contributed by atoms with Crippen LogP contribution < -0.4 is 0 Å². The quantitative estimate of drug-likeness (QED) is 0.374. The zero-order valence-corrected chi connectivity index (χ0v) is 13.5. The van der Waals surface area contributed by atoms with Crippen LogP contribution in [0, 0.1) is 5.92 Å². The van der Waals surface area contributed by atoms with Crippen molar-refractivity contribution in [2.75, 3.05) is 19.8 Å². The highest BCUT2D eigenvalue weighted by atomic mass is 28.1. The van der Waals surface area contributed by atoms with Gasteiger partial charge in [-0.3, -0.25) is 4.79 Å². The van der Waals surface area contributed by atoms with E-state index in [2.05, 4.69) is 0 Å². The van der Waals surface area contributed by atoms with Gasteiger partial charge in [-0.1, -0.05) is 13.0 Å². The van der Waals surface area contributed by atoms with Crippen molar-refractivity contribution in [1.29, 1.82) is 0 Å². The molecular weight excluding hydrogens is 236 g/mol. The molecule has 0 aromatic carbocycles. The Morgan fingerprint density at radius 2 is 2.12 bits per heavy atom. The van der Waals surface area contributed by atoms with Gasteiger partial charge in [0.15, 0.2) is 0 Å². The number of rotatable bonds is 9. The number of carbonyl (C=O) groups excluding carboxylic acids is 1. The van der Waals surface area contributed by atoms with E-state index in [4.69, 9.17) is 14.6 Å². The van der Waals surface area contributed by atoms with Gasteiger partial charge in [-0.25, -0.2) is 0 Å². The lowest BCUT2D eigenvalue weighted by Crippen LogP contribution is -2.34. The average molecular weight is 262 g/mol. The van der Waals surface area contributed by atoms with Gasteiger partial charge in [0.05, 0.1) is 13.2 Å². The van der Waals surface area contributed by atoms with Gasteiger partial charge in [-0.05, 0) is 26.7 Å². The zero-order chi connectivity index (χ0) is 13.3. The van der Waals surface area contributed by atoms with Crippen LogP contribution in [0.5, 0.6) is 0 Å². The van der Waals surface area contributed by atoms with Crippen molar-refractivity contribution in [3.8, 4) is 0 Å². The Bertz CT molecular complexity index is 219. The molecule has 0 saturated carbocycles. The van der Waals surface area contributed by atoms with E-state index in [0.29, 0.717) is 6.61 Å². The fourth-order valence-corrected chi connectivity index (χ4v) is 1.38. The standard InChI is InChI=1S/C12H26O4Si/c1-4-12(2,3)16-11(14)10(8-13)9-15-6-5-7-17/h10,13H,4-9H2,1-3,17H3. The van der Waals surface area contributed by atoms with Crippen LogP contribution in [0.2, 0.25) is 6.04 Å². The molecule has 0 fully saturated rings. The maximum Gasteiger partial charge on any atom is 0.314 e. The van der Waals surface area contributed by atoms with Gasteiger partial charge in [0.2, 0.25) is 0 Å². The molecule has 0 spiro atoms. The Kier molecular flexibility index (Phi) is 8.46. The van der Waals surface area contributed by atoms with Gasteiger partial charge in [0.1, 0.15) is 11.5 Å². The van der Waals surface area contributed by atoms with Gasteiger partial charge in [0.25, 0.3) is 0 Å². The molecule has 1 atom stereocenters. The van der Waals surface area contributed by atoms with Crippen molar-refractivity contribution in [2.45, 2.75) is 45.3 Å². The van der Waals surface area contributed by atoms with Gasteiger partial charge in [0, 0.05) is 16.8 Å². The van der Waals surface area contributed by atoms with Crippen LogP contribution in [-0.2, 0) is 14.3 Å². The predicted molar refractivity (Wildman–Crippen MR) is 71.2 cm³/mol. The molecule has 1 unspecified atom stereocenters. The second-order valence-corrected chi connectivity index (χ2v) is 5.84. The SMILES string of the molecule is CCC(C)(C)OC(=O)C(CO)COCCC[SiH3]. The monoisotopic (exact) mass is 262 g/mol. The highest BCUT2D eigenvalue weighted by Crippen LogP contribution is 2.16.